The molecule has 1 fully saturated rings. The van der Waals surface area contributed by atoms with Crippen molar-refractivity contribution in [3.8, 4) is 0 Å². The van der Waals surface area contributed by atoms with E-state index in [4.69, 9.17) is 0 Å². The van der Waals surface area contributed by atoms with Gasteiger partial charge in [0.25, 0.3) is 5.91 Å². The first-order valence-electron chi connectivity index (χ1n) is 9.52. The van der Waals surface area contributed by atoms with E-state index in [1.165, 1.54) is 17.1 Å². The minimum atomic E-state index is -4.39. The summed E-state index contributed by atoms with van der Waals surface area (Å²) in [5.41, 5.74) is -0.0743. The van der Waals surface area contributed by atoms with Gasteiger partial charge >= 0.3 is 6.18 Å². The fraction of sp³-hybridized carbons (Fsp3) is 0.500. The summed E-state index contributed by atoms with van der Waals surface area (Å²) in [6, 6.07) is 4.66. The Bertz CT molecular complexity index is 852. The van der Waals surface area contributed by atoms with Gasteiger partial charge < -0.3 is 10.4 Å². The summed E-state index contributed by atoms with van der Waals surface area (Å²) in [7, 11) is 0. The molecular formula is C20H22F3N3O2. The number of aliphatic hydroxyl groups is 1. The van der Waals surface area contributed by atoms with Gasteiger partial charge in [-0.2, -0.15) is 18.3 Å². The molecule has 1 amide bonds. The van der Waals surface area contributed by atoms with E-state index in [0.717, 1.165) is 31.4 Å². The Morgan fingerprint density at radius 3 is 2.43 bits per heavy atom. The lowest BCUT2D eigenvalue weighted by molar-refractivity contribution is -0.137. The summed E-state index contributed by atoms with van der Waals surface area (Å²) in [5.74, 6) is -0.301. The third-order valence-electron chi connectivity index (χ3n) is 5.86. The molecule has 2 aliphatic heterocycles. The molecular weight excluding hydrogens is 371 g/mol. The lowest BCUT2D eigenvalue weighted by Crippen LogP contribution is -2.46. The molecule has 1 unspecified atom stereocenters. The summed E-state index contributed by atoms with van der Waals surface area (Å²) < 4.78 is 38.3. The Labute approximate surface area is 160 Å². The molecule has 4 rings (SSSR count). The quantitative estimate of drug-likeness (QED) is 0.795. The van der Waals surface area contributed by atoms with Gasteiger partial charge in [-0.25, -0.2) is 0 Å². The van der Waals surface area contributed by atoms with Crippen LogP contribution in [-0.4, -0.2) is 33.3 Å². The van der Waals surface area contributed by atoms with Crippen molar-refractivity contribution in [2.24, 2.45) is 5.10 Å². The first-order chi connectivity index (χ1) is 13.2. The van der Waals surface area contributed by atoms with Gasteiger partial charge in [0.2, 0.25) is 0 Å². The topological polar surface area (TPSA) is 64.9 Å². The summed E-state index contributed by atoms with van der Waals surface area (Å²) in [6.45, 7) is 1.88. The lowest BCUT2D eigenvalue weighted by Gasteiger charge is -2.33. The molecule has 28 heavy (non-hydrogen) atoms. The predicted molar refractivity (Wildman–Crippen MR) is 97.5 cm³/mol. The Balaban J connectivity index is 1.64. The predicted octanol–water partition coefficient (Wildman–Crippen LogP) is 4.11. The van der Waals surface area contributed by atoms with Crippen LogP contribution >= 0.6 is 0 Å². The van der Waals surface area contributed by atoms with Gasteiger partial charge in [-0.1, -0.05) is 31.4 Å². The zero-order valence-electron chi connectivity index (χ0n) is 15.5. The molecule has 1 aromatic rings. The number of nitrogens with one attached hydrogen (secondary N) is 1. The number of halogens is 3. The van der Waals surface area contributed by atoms with Crippen LogP contribution in [0, 0.1) is 0 Å². The van der Waals surface area contributed by atoms with E-state index in [0.29, 0.717) is 30.5 Å². The molecule has 0 radical (unpaired) electrons. The second-order valence-corrected chi connectivity index (χ2v) is 7.81. The summed E-state index contributed by atoms with van der Waals surface area (Å²) in [4.78, 5) is 12.6. The molecule has 0 aromatic heterocycles. The van der Waals surface area contributed by atoms with Gasteiger partial charge in [-0.3, -0.25) is 9.80 Å². The number of carbonyl (C=O) groups is 1. The molecule has 3 aliphatic rings. The van der Waals surface area contributed by atoms with Crippen molar-refractivity contribution in [1.82, 2.24) is 10.3 Å². The number of rotatable bonds is 2. The first kappa shape index (κ1) is 18.8. The number of amides is 1. The number of aliphatic hydroxyl groups excluding tert-OH is 1. The molecule has 1 atom stereocenters. The van der Waals surface area contributed by atoms with Crippen LogP contribution in [0.15, 0.2) is 40.8 Å². The van der Waals surface area contributed by atoms with Crippen molar-refractivity contribution in [2.45, 2.75) is 63.2 Å². The molecule has 8 heteroatoms. The normalized spacial score (nSPS) is 24.7. The van der Waals surface area contributed by atoms with Gasteiger partial charge in [0.05, 0.1) is 22.9 Å². The number of alkyl halides is 3. The van der Waals surface area contributed by atoms with E-state index in [-0.39, 0.29) is 23.4 Å². The summed E-state index contributed by atoms with van der Waals surface area (Å²) in [5, 5.41) is 19.8. The second kappa shape index (κ2) is 6.53. The molecule has 1 aromatic carbocycles. The van der Waals surface area contributed by atoms with Crippen molar-refractivity contribution in [1.29, 1.82) is 0 Å². The maximum atomic E-state index is 12.8. The molecule has 1 saturated carbocycles. The standard InChI is InChI=1S/C20H22F3N3O2/c1-12-11-15(13-5-7-14(8-6-13)20(21,22)23)25-26(12)16-17(27)19(24-18(16)28)9-3-2-4-10-19/h5-8,12,27H,2-4,9-11H2,1H3,(H,24,28). The van der Waals surface area contributed by atoms with Crippen LogP contribution in [0.2, 0.25) is 0 Å². The SMILES string of the molecule is CC1CC(c2ccc(C(F)(F)F)cc2)=NN1C1=C(O)C2(CCCCC2)NC1=O. The van der Waals surface area contributed by atoms with Crippen LogP contribution in [0.5, 0.6) is 0 Å². The average molecular weight is 393 g/mol. The summed E-state index contributed by atoms with van der Waals surface area (Å²) in [6.07, 6.45) is 0.444. The lowest BCUT2D eigenvalue weighted by atomic mass is 9.81. The van der Waals surface area contributed by atoms with E-state index in [2.05, 4.69) is 10.4 Å². The Kier molecular flexibility index (Phi) is 4.39. The zero-order chi connectivity index (χ0) is 20.1. The number of hydrogen-bond donors (Lipinski definition) is 2. The number of hydrogen-bond acceptors (Lipinski definition) is 4. The largest absolute Gasteiger partial charge is 0.507 e. The van der Waals surface area contributed by atoms with Crippen LogP contribution in [0.4, 0.5) is 13.2 Å². The fourth-order valence-corrected chi connectivity index (χ4v) is 4.33. The van der Waals surface area contributed by atoms with Crippen LogP contribution in [0.1, 0.15) is 56.6 Å². The van der Waals surface area contributed by atoms with E-state index < -0.39 is 17.3 Å². The Morgan fingerprint density at radius 2 is 1.82 bits per heavy atom. The highest BCUT2D eigenvalue weighted by molar-refractivity contribution is 6.03. The minimum Gasteiger partial charge on any atom is -0.507 e. The molecule has 1 spiro atoms. The third-order valence-corrected chi connectivity index (χ3v) is 5.86. The van der Waals surface area contributed by atoms with Gasteiger partial charge in [-0.15, -0.1) is 0 Å². The molecule has 2 N–H and O–H groups in total. The van der Waals surface area contributed by atoms with E-state index in [9.17, 15) is 23.1 Å². The average Bonchev–Trinajstić information content (AvgIpc) is 3.13. The maximum absolute atomic E-state index is 12.8. The van der Waals surface area contributed by atoms with Gasteiger partial charge in [0.1, 0.15) is 5.76 Å². The van der Waals surface area contributed by atoms with Crippen LogP contribution in [0.25, 0.3) is 0 Å². The first-order valence-corrected chi connectivity index (χ1v) is 9.52. The highest BCUT2D eigenvalue weighted by Crippen LogP contribution is 2.40. The van der Waals surface area contributed by atoms with Crippen molar-refractivity contribution >= 4 is 11.6 Å². The number of carbonyl (C=O) groups excluding carboxylic acids is 1. The molecule has 2 heterocycles. The third kappa shape index (κ3) is 3.04. The molecule has 1 aliphatic carbocycles. The van der Waals surface area contributed by atoms with E-state index >= 15 is 0 Å². The highest BCUT2D eigenvalue weighted by Gasteiger charge is 2.49. The maximum Gasteiger partial charge on any atom is 0.416 e. The smallest absolute Gasteiger partial charge is 0.416 e. The summed E-state index contributed by atoms with van der Waals surface area (Å²) >= 11 is 0. The van der Waals surface area contributed by atoms with Crippen LogP contribution in [-0.2, 0) is 11.0 Å². The number of nitrogens with zero attached hydrogens (tertiary/aromatic N) is 2. The Hall–Kier alpha value is -2.51. The molecule has 5 nitrogen and oxygen atoms in total. The van der Waals surface area contributed by atoms with Crippen molar-refractivity contribution in [3.05, 3.63) is 46.8 Å². The molecule has 0 saturated heterocycles. The second-order valence-electron chi connectivity index (χ2n) is 7.81. The monoisotopic (exact) mass is 393 g/mol. The highest BCUT2D eigenvalue weighted by atomic mass is 19.4. The van der Waals surface area contributed by atoms with Crippen molar-refractivity contribution in [2.75, 3.05) is 0 Å². The van der Waals surface area contributed by atoms with Crippen molar-refractivity contribution < 1.29 is 23.1 Å². The zero-order valence-corrected chi connectivity index (χ0v) is 15.5. The number of hydrazone groups is 1. The number of benzene rings is 1. The van der Waals surface area contributed by atoms with Gasteiger partial charge in [0.15, 0.2) is 5.70 Å². The van der Waals surface area contributed by atoms with Crippen LogP contribution in [0.3, 0.4) is 0 Å². The van der Waals surface area contributed by atoms with Gasteiger partial charge in [0, 0.05) is 6.42 Å². The van der Waals surface area contributed by atoms with E-state index in [1.807, 2.05) is 6.92 Å². The van der Waals surface area contributed by atoms with Crippen LogP contribution < -0.4 is 5.32 Å². The Morgan fingerprint density at radius 1 is 1.18 bits per heavy atom. The van der Waals surface area contributed by atoms with Gasteiger partial charge in [-0.05, 0) is 37.5 Å². The molecule has 150 valence electrons. The van der Waals surface area contributed by atoms with E-state index in [1.54, 1.807) is 0 Å². The van der Waals surface area contributed by atoms with Crippen molar-refractivity contribution in [3.63, 3.8) is 0 Å². The minimum absolute atomic E-state index is 0.0430. The fourth-order valence-electron chi connectivity index (χ4n) is 4.33. The molecule has 0 bridgehead atoms.